The van der Waals surface area contributed by atoms with Crippen molar-refractivity contribution in [3.63, 3.8) is 0 Å². The molecule has 0 N–H and O–H groups in total. The Morgan fingerprint density at radius 1 is 1.03 bits per heavy atom. The van der Waals surface area contributed by atoms with E-state index in [0.717, 1.165) is 29.8 Å². The molecule has 0 atom stereocenters. The number of benzene rings is 3. The van der Waals surface area contributed by atoms with Gasteiger partial charge in [-0.05, 0) is 74.4 Å². The van der Waals surface area contributed by atoms with E-state index < -0.39 is 0 Å². The smallest absolute Gasteiger partial charge is 0.254 e. The van der Waals surface area contributed by atoms with Crippen LogP contribution >= 0.6 is 11.6 Å². The summed E-state index contributed by atoms with van der Waals surface area (Å²) in [6.45, 7) is 2.34. The summed E-state index contributed by atoms with van der Waals surface area (Å²) in [5.74, 6) is 1.91. The highest BCUT2D eigenvalue weighted by Gasteiger charge is 2.35. The minimum absolute atomic E-state index is 0.0318. The average Bonchev–Trinajstić information content (AvgIpc) is 3.68. The van der Waals surface area contributed by atoms with Crippen molar-refractivity contribution in [3.05, 3.63) is 101 Å². The van der Waals surface area contributed by atoms with E-state index in [1.807, 2.05) is 84.6 Å². The van der Waals surface area contributed by atoms with Gasteiger partial charge in [0.2, 0.25) is 5.88 Å². The number of aromatic nitrogens is 2. The molecule has 1 aliphatic carbocycles. The van der Waals surface area contributed by atoms with Crippen LogP contribution in [-0.2, 0) is 6.54 Å². The predicted octanol–water partition coefficient (Wildman–Crippen LogP) is 6.44. The van der Waals surface area contributed by atoms with Gasteiger partial charge in [0.05, 0.1) is 30.6 Å². The van der Waals surface area contributed by atoms with E-state index in [-0.39, 0.29) is 11.9 Å². The number of methoxy groups -OCH3 is 1. The first-order valence-corrected chi connectivity index (χ1v) is 11.9. The fraction of sp³-hybridized carbons (Fsp3) is 0.214. The van der Waals surface area contributed by atoms with Crippen LogP contribution in [-0.4, -0.2) is 33.7 Å². The Morgan fingerprint density at radius 3 is 2.43 bits per heavy atom. The van der Waals surface area contributed by atoms with Crippen molar-refractivity contribution in [2.24, 2.45) is 0 Å². The van der Waals surface area contributed by atoms with E-state index >= 15 is 0 Å². The number of nitrogens with zero attached hydrogens (tertiary/aromatic N) is 3. The van der Waals surface area contributed by atoms with Gasteiger partial charge in [0.15, 0.2) is 0 Å². The van der Waals surface area contributed by atoms with Crippen LogP contribution in [0.25, 0.3) is 5.69 Å². The summed E-state index contributed by atoms with van der Waals surface area (Å²) < 4.78 is 13.5. The van der Waals surface area contributed by atoms with Crippen LogP contribution in [0.1, 0.15) is 34.5 Å². The largest absolute Gasteiger partial charge is 0.497 e. The lowest BCUT2D eigenvalue weighted by Crippen LogP contribution is -2.32. The van der Waals surface area contributed by atoms with Crippen molar-refractivity contribution in [2.45, 2.75) is 32.4 Å². The number of ether oxygens (including phenoxy) is 2. The van der Waals surface area contributed by atoms with E-state index in [2.05, 4.69) is 0 Å². The molecule has 7 heteroatoms. The standard InChI is InChI=1S/C28H26ClN3O3/c1-19-26(18-31(22-15-16-22)27(33)20-7-6-10-25(17-20)34-2)28(35-24-8-4-3-5-9-24)32(30-19)23-13-11-21(29)12-14-23/h3-14,17,22H,15-16,18H2,1-2H3. The number of carbonyl (C=O) groups excluding carboxylic acids is 1. The molecule has 6 nitrogen and oxygen atoms in total. The zero-order valence-electron chi connectivity index (χ0n) is 19.6. The molecule has 1 fully saturated rings. The molecule has 0 bridgehead atoms. The molecule has 1 amide bonds. The lowest BCUT2D eigenvalue weighted by Gasteiger charge is -2.23. The van der Waals surface area contributed by atoms with Crippen LogP contribution in [0.3, 0.4) is 0 Å². The maximum absolute atomic E-state index is 13.6. The Hall–Kier alpha value is -3.77. The third kappa shape index (κ3) is 5.03. The summed E-state index contributed by atoms with van der Waals surface area (Å²) in [5, 5.41) is 5.44. The van der Waals surface area contributed by atoms with Crippen LogP contribution in [0.5, 0.6) is 17.4 Å². The van der Waals surface area contributed by atoms with Crippen LogP contribution in [0.15, 0.2) is 78.9 Å². The Labute approximate surface area is 209 Å². The fourth-order valence-corrected chi connectivity index (χ4v) is 4.15. The van der Waals surface area contributed by atoms with Gasteiger partial charge < -0.3 is 14.4 Å². The minimum Gasteiger partial charge on any atom is -0.497 e. The van der Waals surface area contributed by atoms with Gasteiger partial charge in [0.1, 0.15) is 11.5 Å². The SMILES string of the molecule is COc1cccc(C(=O)N(Cc2c(C)nn(-c3ccc(Cl)cc3)c2Oc2ccccc2)C2CC2)c1. The lowest BCUT2D eigenvalue weighted by molar-refractivity contribution is 0.0728. The third-order valence-electron chi connectivity index (χ3n) is 6.06. The maximum Gasteiger partial charge on any atom is 0.254 e. The first-order valence-electron chi connectivity index (χ1n) is 11.6. The quantitative estimate of drug-likeness (QED) is 0.287. The molecule has 35 heavy (non-hydrogen) atoms. The van der Waals surface area contributed by atoms with Crippen molar-refractivity contribution in [1.29, 1.82) is 0 Å². The molecule has 0 unspecified atom stereocenters. The summed E-state index contributed by atoms with van der Waals surface area (Å²) in [6.07, 6.45) is 1.96. The van der Waals surface area contributed by atoms with E-state index in [1.54, 1.807) is 17.9 Å². The van der Waals surface area contributed by atoms with Gasteiger partial charge in [-0.25, -0.2) is 4.68 Å². The fourth-order valence-electron chi connectivity index (χ4n) is 4.03. The molecule has 1 aromatic heterocycles. The molecule has 0 spiro atoms. The van der Waals surface area contributed by atoms with E-state index in [9.17, 15) is 4.79 Å². The van der Waals surface area contributed by atoms with Crippen LogP contribution in [0.2, 0.25) is 5.02 Å². The molecule has 1 aliphatic rings. The molecule has 1 saturated carbocycles. The van der Waals surface area contributed by atoms with Crippen molar-refractivity contribution < 1.29 is 14.3 Å². The van der Waals surface area contributed by atoms with Crippen molar-refractivity contribution in [3.8, 4) is 23.1 Å². The average molecular weight is 488 g/mol. The minimum atomic E-state index is -0.0318. The molecule has 3 aromatic carbocycles. The Balaban J connectivity index is 1.54. The molecule has 178 valence electrons. The monoisotopic (exact) mass is 487 g/mol. The molecule has 0 aliphatic heterocycles. The maximum atomic E-state index is 13.6. The second kappa shape index (κ2) is 9.84. The van der Waals surface area contributed by atoms with Crippen molar-refractivity contribution in [1.82, 2.24) is 14.7 Å². The molecule has 0 radical (unpaired) electrons. The number of carbonyl (C=O) groups is 1. The number of para-hydroxylation sites is 1. The number of amides is 1. The van der Waals surface area contributed by atoms with E-state index in [4.69, 9.17) is 26.2 Å². The highest BCUT2D eigenvalue weighted by molar-refractivity contribution is 6.30. The Bertz CT molecular complexity index is 1330. The molecule has 0 saturated heterocycles. The molecule has 5 rings (SSSR count). The van der Waals surface area contributed by atoms with Gasteiger partial charge in [-0.3, -0.25) is 4.79 Å². The highest BCUT2D eigenvalue weighted by Crippen LogP contribution is 2.36. The number of aryl methyl sites for hydroxylation is 1. The number of rotatable bonds is 8. The zero-order valence-corrected chi connectivity index (χ0v) is 20.4. The lowest BCUT2D eigenvalue weighted by atomic mass is 10.1. The van der Waals surface area contributed by atoms with Crippen LogP contribution in [0, 0.1) is 6.92 Å². The molecule has 1 heterocycles. The topological polar surface area (TPSA) is 56.6 Å². The van der Waals surface area contributed by atoms with Gasteiger partial charge in [0.25, 0.3) is 5.91 Å². The summed E-state index contributed by atoms with van der Waals surface area (Å²) in [7, 11) is 1.60. The van der Waals surface area contributed by atoms with Gasteiger partial charge in [-0.15, -0.1) is 0 Å². The summed E-state index contributed by atoms with van der Waals surface area (Å²) in [4.78, 5) is 15.5. The summed E-state index contributed by atoms with van der Waals surface area (Å²) in [5.41, 5.74) is 3.10. The molecular weight excluding hydrogens is 462 g/mol. The Kier molecular flexibility index (Phi) is 6.47. The van der Waals surface area contributed by atoms with Gasteiger partial charge in [-0.1, -0.05) is 35.9 Å². The second-order valence-corrected chi connectivity index (χ2v) is 9.01. The van der Waals surface area contributed by atoms with E-state index in [0.29, 0.717) is 34.5 Å². The van der Waals surface area contributed by atoms with E-state index in [1.165, 1.54) is 0 Å². The zero-order chi connectivity index (χ0) is 24.4. The summed E-state index contributed by atoms with van der Waals surface area (Å²) in [6, 6.07) is 24.5. The first-order chi connectivity index (χ1) is 17.0. The van der Waals surface area contributed by atoms with Crippen LogP contribution < -0.4 is 9.47 Å². The number of halogens is 1. The predicted molar refractivity (Wildman–Crippen MR) is 136 cm³/mol. The Morgan fingerprint density at radius 2 is 1.74 bits per heavy atom. The van der Waals surface area contributed by atoms with Crippen molar-refractivity contribution >= 4 is 17.5 Å². The normalized spacial score (nSPS) is 12.9. The molecule has 4 aromatic rings. The second-order valence-electron chi connectivity index (χ2n) is 8.57. The highest BCUT2D eigenvalue weighted by atomic mass is 35.5. The summed E-state index contributed by atoms with van der Waals surface area (Å²) >= 11 is 6.12. The third-order valence-corrected chi connectivity index (χ3v) is 6.31. The van der Waals surface area contributed by atoms with Gasteiger partial charge in [0, 0.05) is 16.6 Å². The van der Waals surface area contributed by atoms with Gasteiger partial charge in [-0.2, -0.15) is 5.10 Å². The first kappa shape index (κ1) is 23.0. The van der Waals surface area contributed by atoms with Crippen molar-refractivity contribution in [2.75, 3.05) is 7.11 Å². The van der Waals surface area contributed by atoms with Crippen LogP contribution in [0.4, 0.5) is 0 Å². The van der Waals surface area contributed by atoms with Gasteiger partial charge >= 0.3 is 0 Å². The number of hydrogen-bond donors (Lipinski definition) is 0. The number of hydrogen-bond acceptors (Lipinski definition) is 4. The molecular formula is C28H26ClN3O3.